The van der Waals surface area contributed by atoms with E-state index in [9.17, 15) is 9.59 Å². The van der Waals surface area contributed by atoms with Crippen molar-refractivity contribution in [2.75, 3.05) is 39.0 Å². The molecule has 5 rings (SSSR count). The van der Waals surface area contributed by atoms with Crippen molar-refractivity contribution >= 4 is 34.7 Å². The Morgan fingerprint density at radius 1 is 1.13 bits per heavy atom. The summed E-state index contributed by atoms with van der Waals surface area (Å²) in [7, 11) is 1.55. The Balaban J connectivity index is 1.29. The van der Waals surface area contributed by atoms with E-state index in [-0.39, 0.29) is 18.4 Å². The number of pyridine rings is 1. The molecule has 0 unspecified atom stereocenters. The number of amides is 2. The molecular formula is C27H27N7O4. The highest BCUT2D eigenvalue weighted by Crippen LogP contribution is 2.33. The topological polar surface area (TPSA) is 148 Å². The highest BCUT2D eigenvalue weighted by molar-refractivity contribution is 5.94. The molecule has 1 aliphatic rings. The number of carbonyl (C=O) groups is 2. The van der Waals surface area contributed by atoms with Crippen LogP contribution in [0.4, 0.5) is 5.82 Å². The van der Waals surface area contributed by atoms with E-state index in [1.165, 1.54) is 6.08 Å². The highest BCUT2D eigenvalue weighted by atomic mass is 16.5. The Kier molecular flexibility index (Phi) is 7.27. The van der Waals surface area contributed by atoms with Gasteiger partial charge in [0.1, 0.15) is 11.6 Å². The molecule has 1 aromatic carbocycles. The lowest BCUT2D eigenvalue weighted by molar-refractivity contribution is -0.116. The van der Waals surface area contributed by atoms with Gasteiger partial charge in [0.2, 0.25) is 5.91 Å². The normalized spacial score (nSPS) is 13.7. The van der Waals surface area contributed by atoms with Crippen LogP contribution in [0.1, 0.15) is 21.7 Å². The van der Waals surface area contributed by atoms with E-state index in [1.807, 2.05) is 12.1 Å². The molecule has 0 atom stereocenters. The Morgan fingerprint density at radius 3 is 2.63 bits per heavy atom. The summed E-state index contributed by atoms with van der Waals surface area (Å²) in [5.41, 5.74) is 8.05. The second-order valence-corrected chi connectivity index (χ2v) is 8.71. The maximum Gasteiger partial charge on any atom is 0.257 e. The molecule has 0 spiro atoms. The third kappa shape index (κ3) is 5.62. The number of nitrogen functional groups attached to an aromatic ring is 1. The monoisotopic (exact) mass is 513 g/mol. The third-order valence-corrected chi connectivity index (χ3v) is 6.09. The van der Waals surface area contributed by atoms with Crippen LogP contribution in [-0.4, -0.2) is 65.0 Å². The Hall–Kier alpha value is -4.77. The van der Waals surface area contributed by atoms with Gasteiger partial charge in [0.25, 0.3) is 5.91 Å². The second-order valence-electron chi connectivity index (χ2n) is 8.71. The number of furan rings is 1. The summed E-state index contributed by atoms with van der Waals surface area (Å²) in [6.07, 6.45) is 7.76. The zero-order valence-electron chi connectivity index (χ0n) is 20.8. The molecule has 4 heterocycles. The average Bonchev–Trinajstić information content (AvgIpc) is 3.38. The number of benzene rings is 1. The molecule has 1 fully saturated rings. The van der Waals surface area contributed by atoms with Crippen molar-refractivity contribution in [3.05, 3.63) is 71.9 Å². The maximum absolute atomic E-state index is 12.7. The predicted octanol–water partition coefficient (Wildman–Crippen LogP) is 2.25. The summed E-state index contributed by atoms with van der Waals surface area (Å²) >= 11 is 0. The zero-order chi connectivity index (χ0) is 26.5. The number of ether oxygens (including phenoxy) is 1. The van der Waals surface area contributed by atoms with Gasteiger partial charge in [0, 0.05) is 61.8 Å². The fraction of sp³-hybridized carbons (Fsp3) is 0.222. The maximum atomic E-state index is 12.7. The third-order valence-electron chi connectivity index (χ3n) is 6.09. The standard InChI is InChI=1S/C27H27N7O4/c1-37-22-12-19(26-32-14-20(15-33-26)27(36)34-8-6-29-7-9-34)10-18-11-21(38-25(18)22)16-31-24(35)5-3-17-2-4-23(28)30-13-17/h2-5,10-15,29H,6-9,16H2,1H3,(H2,28,30)(H,31,35). The van der Waals surface area contributed by atoms with Crippen LogP contribution in [0.25, 0.3) is 28.4 Å². The highest BCUT2D eigenvalue weighted by Gasteiger charge is 2.19. The summed E-state index contributed by atoms with van der Waals surface area (Å²) < 4.78 is 11.5. The van der Waals surface area contributed by atoms with Gasteiger partial charge in [0.05, 0.1) is 19.2 Å². The zero-order valence-corrected chi connectivity index (χ0v) is 20.8. The van der Waals surface area contributed by atoms with Gasteiger partial charge >= 0.3 is 0 Å². The molecule has 0 bridgehead atoms. The van der Waals surface area contributed by atoms with E-state index in [0.29, 0.717) is 53.0 Å². The molecule has 4 aromatic rings. The number of carbonyl (C=O) groups excluding carboxylic acids is 2. The van der Waals surface area contributed by atoms with Crippen molar-refractivity contribution in [3.8, 4) is 17.1 Å². The van der Waals surface area contributed by atoms with Crippen LogP contribution in [0.2, 0.25) is 0 Å². The van der Waals surface area contributed by atoms with E-state index >= 15 is 0 Å². The fourth-order valence-electron chi connectivity index (χ4n) is 4.10. The number of nitrogens with one attached hydrogen (secondary N) is 2. The summed E-state index contributed by atoms with van der Waals surface area (Å²) in [6, 6.07) is 8.94. The average molecular weight is 514 g/mol. The Morgan fingerprint density at radius 2 is 1.92 bits per heavy atom. The molecule has 1 saturated heterocycles. The number of anilines is 1. The van der Waals surface area contributed by atoms with E-state index in [4.69, 9.17) is 14.9 Å². The van der Waals surface area contributed by atoms with Gasteiger partial charge in [0.15, 0.2) is 17.2 Å². The van der Waals surface area contributed by atoms with Gasteiger partial charge in [-0.05, 0) is 42.0 Å². The molecule has 1 aliphatic heterocycles. The Bertz CT molecular complexity index is 1470. The number of aromatic nitrogens is 3. The van der Waals surface area contributed by atoms with Gasteiger partial charge in [-0.2, -0.15) is 0 Å². The van der Waals surface area contributed by atoms with Crippen LogP contribution >= 0.6 is 0 Å². The molecule has 4 N–H and O–H groups in total. The number of nitrogens with zero attached hydrogens (tertiary/aromatic N) is 4. The van der Waals surface area contributed by atoms with Crippen LogP contribution in [0.5, 0.6) is 5.75 Å². The van der Waals surface area contributed by atoms with Crippen LogP contribution in [0.3, 0.4) is 0 Å². The van der Waals surface area contributed by atoms with Crippen molar-refractivity contribution in [1.82, 2.24) is 30.5 Å². The molecule has 3 aromatic heterocycles. The van der Waals surface area contributed by atoms with Crippen LogP contribution in [-0.2, 0) is 11.3 Å². The van der Waals surface area contributed by atoms with Crippen molar-refractivity contribution in [2.45, 2.75) is 6.54 Å². The van der Waals surface area contributed by atoms with Crippen molar-refractivity contribution in [2.24, 2.45) is 0 Å². The number of hydrogen-bond donors (Lipinski definition) is 3. The van der Waals surface area contributed by atoms with Gasteiger partial charge in [-0.15, -0.1) is 0 Å². The summed E-state index contributed by atoms with van der Waals surface area (Å²) in [6.45, 7) is 3.07. The molecule has 38 heavy (non-hydrogen) atoms. The first-order valence-electron chi connectivity index (χ1n) is 12.1. The van der Waals surface area contributed by atoms with E-state index in [0.717, 1.165) is 24.0 Å². The minimum Gasteiger partial charge on any atom is -0.493 e. The molecular weight excluding hydrogens is 486 g/mol. The lowest BCUT2D eigenvalue weighted by Crippen LogP contribution is -2.46. The van der Waals surface area contributed by atoms with E-state index < -0.39 is 0 Å². The number of nitrogens with two attached hydrogens (primary N) is 1. The molecule has 0 saturated carbocycles. The quantitative estimate of drug-likeness (QED) is 0.316. The lowest BCUT2D eigenvalue weighted by Gasteiger charge is -2.27. The van der Waals surface area contributed by atoms with Gasteiger partial charge in [-0.25, -0.2) is 15.0 Å². The number of methoxy groups -OCH3 is 1. The van der Waals surface area contributed by atoms with Crippen LogP contribution < -0.4 is 21.1 Å². The number of rotatable bonds is 7. The van der Waals surface area contributed by atoms with Crippen LogP contribution in [0, 0.1) is 0 Å². The fourth-order valence-corrected chi connectivity index (χ4v) is 4.10. The first kappa shape index (κ1) is 24.9. The van der Waals surface area contributed by atoms with Gasteiger partial charge in [-0.1, -0.05) is 0 Å². The smallest absolute Gasteiger partial charge is 0.257 e. The van der Waals surface area contributed by atoms with E-state index in [2.05, 4.69) is 25.6 Å². The molecule has 11 heteroatoms. The van der Waals surface area contributed by atoms with Gasteiger partial charge < -0.3 is 30.4 Å². The van der Waals surface area contributed by atoms with Crippen molar-refractivity contribution in [1.29, 1.82) is 0 Å². The molecule has 0 radical (unpaired) electrons. The number of hydrogen-bond acceptors (Lipinski definition) is 9. The van der Waals surface area contributed by atoms with Crippen molar-refractivity contribution < 1.29 is 18.7 Å². The predicted molar refractivity (Wildman–Crippen MR) is 142 cm³/mol. The first-order chi connectivity index (χ1) is 18.5. The molecule has 0 aliphatic carbocycles. The summed E-state index contributed by atoms with van der Waals surface area (Å²) in [5, 5.41) is 6.81. The molecule has 194 valence electrons. The van der Waals surface area contributed by atoms with E-state index in [1.54, 1.807) is 54.9 Å². The SMILES string of the molecule is COc1cc(-c2ncc(C(=O)N3CCNCC3)cn2)cc2cc(CNC(=O)C=Cc3ccc(N)nc3)oc12. The second kappa shape index (κ2) is 11.1. The summed E-state index contributed by atoms with van der Waals surface area (Å²) in [5.74, 6) is 1.59. The first-order valence-corrected chi connectivity index (χ1v) is 12.1. The largest absolute Gasteiger partial charge is 0.493 e. The summed E-state index contributed by atoms with van der Waals surface area (Å²) in [4.78, 5) is 39.6. The Labute approximate surface area is 218 Å². The van der Waals surface area contributed by atoms with Crippen LogP contribution in [0.15, 0.2) is 59.4 Å². The van der Waals surface area contributed by atoms with Crippen molar-refractivity contribution in [3.63, 3.8) is 0 Å². The number of piperazine rings is 1. The molecule has 11 nitrogen and oxygen atoms in total. The molecule has 2 amide bonds. The lowest BCUT2D eigenvalue weighted by atomic mass is 10.1. The van der Waals surface area contributed by atoms with Gasteiger partial charge in [-0.3, -0.25) is 9.59 Å². The number of fused-ring (bicyclic) bond motifs is 1. The minimum atomic E-state index is -0.279. The minimum absolute atomic E-state index is 0.0763.